The van der Waals surface area contributed by atoms with Crippen molar-refractivity contribution >= 4 is 21.9 Å². The lowest BCUT2D eigenvalue weighted by atomic mass is 10.1. The molecule has 4 aromatic heterocycles. The fourth-order valence-electron chi connectivity index (χ4n) is 3.68. The summed E-state index contributed by atoms with van der Waals surface area (Å²) in [6, 6.07) is 21.3. The van der Waals surface area contributed by atoms with Crippen LogP contribution in [0.2, 0.25) is 0 Å². The van der Waals surface area contributed by atoms with E-state index < -0.39 is 0 Å². The van der Waals surface area contributed by atoms with E-state index in [1.165, 1.54) is 16.5 Å². The summed E-state index contributed by atoms with van der Waals surface area (Å²) in [7, 11) is 0. The molecule has 0 bridgehead atoms. The van der Waals surface area contributed by atoms with Gasteiger partial charge in [0.05, 0.1) is 23.6 Å². The number of aromatic amines is 1. The van der Waals surface area contributed by atoms with Gasteiger partial charge in [0.1, 0.15) is 5.65 Å². The monoisotopic (exact) mass is 382 g/mol. The van der Waals surface area contributed by atoms with E-state index in [-0.39, 0.29) is 0 Å². The second kappa shape index (κ2) is 8.31. The lowest BCUT2D eigenvalue weighted by Crippen LogP contribution is -2.03. The normalized spacial score (nSPS) is 10.9. The minimum atomic E-state index is 0.730. The van der Waals surface area contributed by atoms with E-state index in [9.17, 15) is 0 Å². The molecular formula is C25H26N4. The Bertz CT molecular complexity index is 1200. The molecule has 4 heterocycles. The zero-order valence-electron chi connectivity index (χ0n) is 17.2. The fraction of sp³-hybridized carbons (Fsp3) is 0.200. The average Bonchev–Trinajstić information content (AvgIpc) is 3.37. The number of nitrogens with zero attached hydrogens (tertiary/aromatic N) is 3. The van der Waals surface area contributed by atoms with E-state index in [0.29, 0.717) is 0 Å². The lowest BCUT2D eigenvalue weighted by molar-refractivity contribution is 0.813. The number of H-pyrrole nitrogens is 1. The first-order chi connectivity index (χ1) is 14.3. The number of pyridine rings is 2. The van der Waals surface area contributed by atoms with Crippen molar-refractivity contribution in [2.45, 2.75) is 33.7 Å². The van der Waals surface area contributed by atoms with Crippen LogP contribution in [0, 0.1) is 0 Å². The van der Waals surface area contributed by atoms with E-state index in [2.05, 4.69) is 68.9 Å². The van der Waals surface area contributed by atoms with Crippen molar-refractivity contribution in [3.05, 3.63) is 84.3 Å². The van der Waals surface area contributed by atoms with Gasteiger partial charge in [-0.2, -0.15) is 0 Å². The lowest BCUT2D eigenvalue weighted by Gasteiger charge is -2.10. The van der Waals surface area contributed by atoms with Gasteiger partial charge in [-0.25, -0.2) is 4.98 Å². The molecule has 146 valence electrons. The molecule has 0 unspecified atom stereocenters. The van der Waals surface area contributed by atoms with E-state index in [0.717, 1.165) is 41.1 Å². The Labute approximate surface area is 171 Å². The van der Waals surface area contributed by atoms with E-state index >= 15 is 0 Å². The van der Waals surface area contributed by atoms with Crippen molar-refractivity contribution in [3.63, 3.8) is 0 Å². The first-order valence-corrected chi connectivity index (χ1v) is 10.3. The third-order valence-corrected chi connectivity index (χ3v) is 5.09. The molecule has 0 saturated carbocycles. The maximum absolute atomic E-state index is 4.53. The molecule has 29 heavy (non-hydrogen) atoms. The van der Waals surface area contributed by atoms with Crippen LogP contribution in [0.4, 0.5) is 0 Å². The van der Waals surface area contributed by atoms with E-state index in [4.69, 9.17) is 0 Å². The Hall–Kier alpha value is -3.40. The summed E-state index contributed by atoms with van der Waals surface area (Å²) in [4.78, 5) is 12.4. The van der Waals surface area contributed by atoms with Gasteiger partial charge in [-0.3, -0.25) is 4.98 Å². The summed E-state index contributed by atoms with van der Waals surface area (Å²) in [5.41, 5.74) is 6.76. The molecule has 0 fully saturated rings. The first-order valence-electron chi connectivity index (χ1n) is 10.3. The highest BCUT2D eigenvalue weighted by Crippen LogP contribution is 2.31. The molecule has 1 N–H and O–H groups in total. The summed E-state index contributed by atoms with van der Waals surface area (Å²) in [5.74, 6) is 0. The second-order valence-electron chi connectivity index (χ2n) is 6.81. The van der Waals surface area contributed by atoms with Crippen LogP contribution in [0.15, 0.2) is 73.1 Å². The smallest absolute Gasteiger partial charge is 0.137 e. The van der Waals surface area contributed by atoms with Gasteiger partial charge in [0, 0.05) is 28.7 Å². The van der Waals surface area contributed by atoms with Crippen LogP contribution in [0.5, 0.6) is 0 Å². The van der Waals surface area contributed by atoms with Crippen LogP contribution in [0.25, 0.3) is 33.3 Å². The zero-order chi connectivity index (χ0) is 20.2. The van der Waals surface area contributed by atoms with Crippen molar-refractivity contribution in [1.29, 1.82) is 0 Å². The molecule has 0 radical (unpaired) electrons. The number of hydrogen-bond donors (Lipinski definition) is 1. The quantitative estimate of drug-likeness (QED) is 0.401. The minimum absolute atomic E-state index is 0.730. The minimum Gasteiger partial charge on any atom is -0.338 e. The molecule has 4 heteroatoms. The van der Waals surface area contributed by atoms with Gasteiger partial charge in [-0.05, 0) is 60.5 Å². The van der Waals surface area contributed by atoms with Gasteiger partial charge in [0.25, 0.3) is 0 Å². The van der Waals surface area contributed by atoms with Gasteiger partial charge in [0.15, 0.2) is 0 Å². The van der Waals surface area contributed by atoms with E-state index in [1.54, 1.807) is 0 Å². The van der Waals surface area contributed by atoms with Crippen molar-refractivity contribution in [3.8, 4) is 11.4 Å². The summed E-state index contributed by atoms with van der Waals surface area (Å²) < 4.78 is 2.34. The number of nitrogens with one attached hydrogen (secondary N) is 1. The van der Waals surface area contributed by atoms with E-state index in [1.807, 2.05) is 44.4 Å². The van der Waals surface area contributed by atoms with Crippen LogP contribution in [-0.2, 0) is 13.0 Å². The summed E-state index contributed by atoms with van der Waals surface area (Å²) in [5, 5.41) is 2.38. The molecule has 0 saturated heterocycles. The molecule has 0 atom stereocenters. The topological polar surface area (TPSA) is 46.5 Å². The van der Waals surface area contributed by atoms with Crippen molar-refractivity contribution < 1.29 is 0 Å². The standard InChI is InChI=1S/C23H20N4.C2H6/c1-2-16-8-9-21-18(12-16)14-22(27(21)15-19-7-3-4-10-24-19)20-13-17-6-5-11-25-23(17)26-20;1-2/h3-14H,2,15H2,1H3,(H,25,26);1-2H3. The van der Waals surface area contributed by atoms with Gasteiger partial charge in [-0.1, -0.05) is 32.9 Å². The first kappa shape index (κ1) is 18.9. The van der Waals surface area contributed by atoms with Gasteiger partial charge in [0.2, 0.25) is 0 Å². The zero-order valence-corrected chi connectivity index (χ0v) is 17.2. The maximum atomic E-state index is 4.53. The molecule has 4 nitrogen and oxygen atoms in total. The Morgan fingerprint density at radius 1 is 0.862 bits per heavy atom. The number of aromatic nitrogens is 4. The van der Waals surface area contributed by atoms with Crippen LogP contribution >= 0.6 is 0 Å². The number of fused-ring (bicyclic) bond motifs is 2. The Kier molecular flexibility index (Phi) is 5.43. The summed E-state index contributed by atoms with van der Waals surface area (Å²) in [6.45, 7) is 6.92. The van der Waals surface area contributed by atoms with Gasteiger partial charge >= 0.3 is 0 Å². The third kappa shape index (κ3) is 3.66. The van der Waals surface area contributed by atoms with Crippen LogP contribution in [-0.4, -0.2) is 19.5 Å². The van der Waals surface area contributed by atoms with Crippen LogP contribution in [0.3, 0.4) is 0 Å². The predicted molar refractivity (Wildman–Crippen MR) is 121 cm³/mol. The molecule has 0 spiro atoms. The van der Waals surface area contributed by atoms with Crippen LogP contribution in [0.1, 0.15) is 32.0 Å². The summed E-state index contributed by atoms with van der Waals surface area (Å²) >= 11 is 0. The molecule has 0 aliphatic carbocycles. The highest BCUT2D eigenvalue weighted by atomic mass is 15.0. The molecular weight excluding hydrogens is 356 g/mol. The maximum Gasteiger partial charge on any atom is 0.137 e. The Morgan fingerprint density at radius 2 is 1.72 bits per heavy atom. The fourth-order valence-corrected chi connectivity index (χ4v) is 3.68. The number of aryl methyl sites for hydroxylation is 1. The SMILES string of the molecule is CC.CCc1ccc2c(c1)cc(-c1cc3cccnc3[nH]1)n2Cc1ccccn1. The Morgan fingerprint density at radius 3 is 2.48 bits per heavy atom. The number of benzene rings is 1. The van der Waals surface area contributed by atoms with Crippen molar-refractivity contribution in [2.24, 2.45) is 0 Å². The number of rotatable bonds is 4. The number of hydrogen-bond acceptors (Lipinski definition) is 2. The molecule has 1 aromatic carbocycles. The Balaban J connectivity index is 0.000000994. The van der Waals surface area contributed by atoms with Crippen LogP contribution < -0.4 is 0 Å². The third-order valence-electron chi connectivity index (χ3n) is 5.09. The second-order valence-corrected chi connectivity index (χ2v) is 6.81. The average molecular weight is 383 g/mol. The van der Waals surface area contributed by atoms with Crippen molar-refractivity contribution in [2.75, 3.05) is 0 Å². The highest BCUT2D eigenvalue weighted by molar-refractivity contribution is 5.90. The predicted octanol–water partition coefficient (Wildman–Crippen LogP) is 6.22. The molecule has 0 aliphatic heterocycles. The van der Waals surface area contributed by atoms with Crippen molar-refractivity contribution in [1.82, 2.24) is 19.5 Å². The van der Waals surface area contributed by atoms with Gasteiger partial charge < -0.3 is 9.55 Å². The molecule has 5 rings (SSSR count). The molecule has 5 aromatic rings. The van der Waals surface area contributed by atoms with Gasteiger partial charge in [-0.15, -0.1) is 0 Å². The summed E-state index contributed by atoms with van der Waals surface area (Å²) in [6.07, 6.45) is 4.70. The largest absolute Gasteiger partial charge is 0.338 e. The highest BCUT2D eigenvalue weighted by Gasteiger charge is 2.14. The molecule has 0 aliphatic rings. The molecule has 0 amide bonds.